The minimum atomic E-state index is -4.48. The van der Waals surface area contributed by atoms with Crippen molar-refractivity contribution in [2.24, 2.45) is 4.99 Å². The van der Waals surface area contributed by atoms with E-state index in [-0.39, 0.29) is 29.8 Å². The quantitative estimate of drug-likeness (QED) is 0.591. The van der Waals surface area contributed by atoms with Crippen molar-refractivity contribution in [1.29, 1.82) is 0 Å². The van der Waals surface area contributed by atoms with E-state index < -0.39 is 11.7 Å². The van der Waals surface area contributed by atoms with Crippen molar-refractivity contribution in [3.8, 4) is 5.75 Å². The number of hydrogen-bond acceptors (Lipinski definition) is 4. The number of guanidine groups is 1. The van der Waals surface area contributed by atoms with E-state index in [1.54, 1.807) is 6.20 Å². The summed E-state index contributed by atoms with van der Waals surface area (Å²) in [5, 5.41) is 5.85. The number of halogens is 3. The molecule has 1 aromatic heterocycles. The van der Waals surface area contributed by atoms with Crippen molar-refractivity contribution < 1.29 is 22.3 Å². The van der Waals surface area contributed by atoms with E-state index in [9.17, 15) is 13.2 Å². The van der Waals surface area contributed by atoms with Gasteiger partial charge in [0.05, 0.1) is 25.4 Å². The first-order valence-electron chi connectivity index (χ1n) is 8.68. The zero-order valence-electron chi connectivity index (χ0n) is 16.6. The van der Waals surface area contributed by atoms with E-state index in [1.807, 2.05) is 20.8 Å². The molecule has 2 rings (SSSR count). The molecule has 0 aliphatic rings. The van der Waals surface area contributed by atoms with Crippen LogP contribution in [0.5, 0.6) is 5.75 Å². The molecule has 0 radical (unpaired) electrons. The average Bonchev–Trinajstić information content (AvgIpc) is 3.10. The lowest BCUT2D eigenvalue weighted by Gasteiger charge is -2.16. The van der Waals surface area contributed by atoms with Crippen LogP contribution in [0, 0.1) is 0 Å². The maximum Gasteiger partial charge on any atom is 0.416 e. The van der Waals surface area contributed by atoms with Gasteiger partial charge in [0.15, 0.2) is 5.96 Å². The molecule has 0 unspecified atom stereocenters. The van der Waals surface area contributed by atoms with Gasteiger partial charge in [-0.05, 0) is 17.7 Å². The second-order valence-electron chi connectivity index (χ2n) is 7.17. The second-order valence-corrected chi connectivity index (χ2v) is 7.17. The van der Waals surface area contributed by atoms with E-state index in [1.165, 1.54) is 26.3 Å². The van der Waals surface area contributed by atoms with Gasteiger partial charge in [-0.25, -0.2) is 4.98 Å². The molecule has 0 saturated carbocycles. The summed E-state index contributed by atoms with van der Waals surface area (Å²) in [4.78, 5) is 8.22. The molecule has 28 heavy (non-hydrogen) atoms. The van der Waals surface area contributed by atoms with Gasteiger partial charge in [-0.2, -0.15) is 13.2 Å². The van der Waals surface area contributed by atoms with Crippen LogP contribution in [0.2, 0.25) is 0 Å². The van der Waals surface area contributed by atoms with E-state index in [0.717, 1.165) is 11.8 Å². The van der Waals surface area contributed by atoms with Gasteiger partial charge < -0.3 is 19.8 Å². The summed E-state index contributed by atoms with van der Waals surface area (Å²) in [6, 6.07) is 3.85. The van der Waals surface area contributed by atoms with Gasteiger partial charge in [0.25, 0.3) is 0 Å². The van der Waals surface area contributed by atoms with Crippen LogP contribution in [0.1, 0.15) is 43.5 Å². The van der Waals surface area contributed by atoms with E-state index in [0.29, 0.717) is 11.9 Å². The highest BCUT2D eigenvalue weighted by molar-refractivity contribution is 5.79. The lowest BCUT2D eigenvalue weighted by Crippen LogP contribution is -2.36. The van der Waals surface area contributed by atoms with Crippen LogP contribution >= 0.6 is 0 Å². The predicted molar refractivity (Wildman–Crippen MR) is 100 cm³/mol. The molecule has 0 aliphatic carbocycles. The smallest absolute Gasteiger partial charge is 0.416 e. The third kappa shape index (κ3) is 5.64. The van der Waals surface area contributed by atoms with Crippen LogP contribution in [-0.4, -0.2) is 25.1 Å². The Morgan fingerprint density at radius 1 is 1.18 bits per heavy atom. The molecule has 0 fully saturated rings. The van der Waals surface area contributed by atoms with Crippen LogP contribution in [0.3, 0.4) is 0 Å². The largest absolute Gasteiger partial charge is 0.497 e. The van der Waals surface area contributed by atoms with E-state index in [4.69, 9.17) is 9.15 Å². The molecular weight excluding hydrogens is 373 g/mol. The highest BCUT2D eigenvalue weighted by Crippen LogP contribution is 2.34. The molecule has 0 aliphatic heterocycles. The number of alkyl halides is 3. The monoisotopic (exact) mass is 398 g/mol. The first-order valence-corrected chi connectivity index (χ1v) is 8.68. The average molecular weight is 398 g/mol. The second kappa shape index (κ2) is 8.53. The Balaban J connectivity index is 2.02. The fourth-order valence-electron chi connectivity index (χ4n) is 2.40. The molecular formula is C19H25F3N4O2. The Morgan fingerprint density at radius 2 is 1.86 bits per heavy atom. The predicted octanol–water partition coefficient (Wildman–Crippen LogP) is 3.86. The number of nitrogens with zero attached hydrogens (tertiary/aromatic N) is 2. The maximum atomic E-state index is 13.3. The molecule has 0 bridgehead atoms. The summed E-state index contributed by atoms with van der Waals surface area (Å²) >= 11 is 0. The lowest BCUT2D eigenvalue weighted by molar-refractivity contribution is -0.138. The Bertz CT molecular complexity index is 823. The fraction of sp³-hybridized carbons (Fsp3) is 0.474. The Morgan fingerprint density at radius 3 is 2.39 bits per heavy atom. The highest BCUT2D eigenvalue weighted by atomic mass is 19.4. The third-order valence-electron chi connectivity index (χ3n) is 3.99. The number of oxazole rings is 1. The fourth-order valence-corrected chi connectivity index (χ4v) is 2.40. The first-order chi connectivity index (χ1) is 13.0. The van der Waals surface area contributed by atoms with E-state index in [2.05, 4.69) is 20.6 Å². The van der Waals surface area contributed by atoms with Crippen LogP contribution in [0.4, 0.5) is 13.2 Å². The minimum absolute atomic E-state index is 0.0582. The van der Waals surface area contributed by atoms with Crippen LogP contribution in [0.25, 0.3) is 0 Å². The summed E-state index contributed by atoms with van der Waals surface area (Å²) < 4.78 is 50.4. The van der Waals surface area contributed by atoms with Gasteiger partial charge in [0.1, 0.15) is 11.5 Å². The van der Waals surface area contributed by atoms with Crippen molar-refractivity contribution in [3.05, 3.63) is 47.2 Å². The number of benzene rings is 1. The summed E-state index contributed by atoms with van der Waals surface area (Å²) in [5.41, 5.74) is -0.826. The molecule has 0 atom stereocenters. The number of methoxy groups -OCH3 is 1. The van der Waals surface area contributed by atoms with Crippen molar-refractivity contribution in [3.63, 3.8) is 0 Å². The minimum Gasteiger partial charge on any atom is -0.497 e. The van der Waals surface area contributed by atoms with Gasteiger partial charge in [-0.3, -0.25) is 4.99 Å². The summed E-state index contributed by atoms with van der Waals surface area (Å²) in [6.07, 6.45) is -2.82. The normalized spacial score (nSPS) is 12.8. The maximum absolute atomic E-state index is 13.3. The summed E-state index contributed by atoms with van der Waals surface area (Å²) in [7, 11) is 2.86. The summed E-state index contributed by atoms with van der Waals surface area (Å²) in [5.74, 6) is 1.70. The highest BCUT2D eigenvalue weighted by Gasteiger charge is 2.33. The van der Waals surface area contributed by atoms with Crippen LogP contribution in [-0.2, 0) is 24.7 Å². The molecule has 2 N–H and O–H groups in total. The van der Waals surface area contributed by atoms with Gasteiger partial charge >= 0.3 is 6.18 Å². The number of hydrogen-bond donors (Lipinski definition) is 2. The molecule has 0 amide bonds. The molecule has 0 saturated heterocycles. The lowest BCUT2D eigenvalue weighted by atomic mass is 9.94. The van der Waals surface area contributed by atoms with Gasteiger partial charge in [0, 0.05) is 19.0 Å². The molecule has 6 nitrogen and oxygen atoms in total. The molecule has 2 aromatic rings. The number of nitrogens with one attached hydrogen (secondary N) is 2. The molecule has 0 spiro atoms. The zero-order chi connectivity index (χ0) is 20.9. The van der Waals surface area contributed by atoms with Crippen LogP contribution < -0.4 is 15.4 Å². The number of rotatable bonds is 5. The van der Waals surface area contributed by atoms with Crippen molar-refractivity contribution in [2.45, 2.75) is 45.5 Å². The first kappa shape index (κ1) is 21.6. The summed E-state index contributed by atoms with van der Waals surface area (Å²) in [6.45, 7) is 6.23. The zero-order valence-corrected chi connectivity index (χ0v) is 16.6. The standard InChI is InChI=1S/C19H25F3N4O2/c1-18(2,3)15-10-24-16(28-15)11-26-17(23-4)25-9-12-6-7-13(27-5)8-14(12)19(20,21)22/h6-8,10H,9,11H2,1-5H3,(H2,23,25,26). The van der Waals surface area contributed by atoms with Crippen molar-refractivity contribution in [2.75, 3.05) is 14.2 Å². The molecule has 1 aromatic carbocycles. The van der Waals surface area contributed by atoms with Gasteiger partial charge in [-0.1, -0.05) is 26.8 Å². The Hall–Kier alpha value is -2.71. The Labute approximate surface area is 162 Å². The molecule has 9 heteroatoms. The van der Waals surface area contributed by atoms with Crippen molar-refractivity contribution >= 4 is 5.96 Å². The number of aromatic nitrogens is 1. The molecule has 154 valence electrons. The SMILES string of the molecule is CN=C(NCc1ncc(C(C)(C)C)o1)NCc1ccc(OC)cc1C(F)(F)F. The third-order valence-corrected chi connectivity index (χ3v) is 3.99. The topological polar surface area (TPSA) is 71.7 Å². The van der Waals surface area contributed by atoms with Crippen molar-refractivity contribution in [1.82, 2.24) is 15.6 Å². The van der Waals surface area contributed by atoms with Gasteiger partial charge in [0.2, 0.25) is 5.89 Å². The Kier molecular flexibility index (Phi) is 6.58. The van der Waals surface area contributed by atoms with Crippen LogP contribution in [0.15, 0.2) is 33.8 Å². The van der Waals surface area contributed by atoms with Gasteiger partial charge in [-0.15, -0.1) is 0 Å². The molecule has 1 heterocycles. The number of ether oxygens (including phenoxy) is 1. The van der Waals surface area contributed by atoms with E-state index >= 15 is 0 Å². The number of aliphatic imine (C=N–C) groups is 1.